The van der Waals surface area contributed by atoms with Crippen LogP contribution in [0.3, 0.4) is 0 Å². The molecule has 3 heterocycles. The molecular weight excluding hydrogens is 633 g/mol. The van der Waals surface area contributed by atoms with Crippen LogP contribution in [0.5, 0.6) is 11.5 Å². The number of aliphatic hydroxyl groups excluding tert-OH is 1. The molecule has 0 saturated carbocycles. The minimum absolute atomic E-state index is 0.0265. The van der Waals surface area contributed by atoms with Gasteiger partial charge in [0.15, 0.2) is 11.6 Å². The first kappa shape index (κ1) is 35.0. The average Bonchev–Trinajstić information content (AvgIpc) is 3.42. The van der Waals surface area contributed by atoms with Crippen molar-refractivity contribution in [2.24, 2.45) is 0 Å². The maximum absolute atomic E-state index is 15.5. The molecule has 1 saturated heterocycles. The van der Waals surface area contributed by atoms with Crippen LogP contribution >= 0.6 is 0 Å². The van der Waals surface area contributed by atoms with Gasteiger partial charge >= 0.3 is 6.09 Å². The number of aromatic nitrogens is 2. The molecule has 2 amide bonds. The molecule has 1 aliphatic rings. The van der Waals surface area contributed by atoms with E-state index in [1.165, 1.54) is 17.7 Å². The molecule has 0 aliphatic carbocycles. The molecule has 1 fully saturated rings. The zero-order valence-corrected chi connectivity index (χ0v) is 28.7. The van der Waals surface area contributed by atoms with Gasteiger partial charge in [-0.3, -0.25) is 9.69 Å². The molecule has 1 atom stereocenters. The van der Waals surface area contributed by atoms with Gasteiger partial charge in [0.25, 0.3) is 0 Å². The Bertz CT molecular complexity index is 1710. The van der Waals surface area contributed by atoms with Gasteiger partial charge in [-0.05, 0) is 35.4 Å². The molecule has 48 heavy (non-hydrogen) atoms. The highest BCUT2D eigenvalue weighted by molar-refractivity contribution is 6.76. The van der Waals surface area contributed by atoms with Gasteiger partial charge in [-0.2, -0.15) is 0 Å². The number of fused-ring (bicyclic) bond motifs is 1. The number of pyridine rings is 1. The SMILES string of the molecule is C[Si](C)(C)CCOCn1cc(CO)c2c(Oc3ccc(CC(NC(=O)O)C(=O)N4CCN(Cc5ccccc5)CC4)cc3F)ccnc21. The van der Waals surface area contributed by atoms with Crippen molar-refractivity contribution >= 4 is 31.1 Å². The second-order valence-corrected chi connectivity index (χ2v) is 18.9. The first-order chi connectivity index (χ1) is 23.0. The van der Waals surface area contributed by atoms with E-state index in [1.54, 1.807) is 34.0 Å². The molecule has 11 nitrogen and oxygen atoms in total. The maximum Gasteiger partial charge on any atom is 0.405 e. The quantitative estimate of drug-likeness (QED) is 0.121. The largest absolute Gasteiger partial charge is 0.465 e. The van der Waals surface area contributed by atoms with Crippen molar-refractivity contribution in [2.75, 3.05) is 32.8 Å². The highest BCUT2D eigenvalue weighted by Crippen LogP contribution is 2.34. The van der Waals surface area contributed by atoms with Crippen LogP contribution in [-0.4, -0.2) is 88.5 Å². The third-order valence-electron chi connectivity index (χ3n) is 8.38. The first-order valence-electron chi connectivity index (χ1n) is 16.2. The number of benzene rings is 2. The molecule has 13 heteroatoms. The summed E-state index contributed by atoms with van der Waals surface area (Å²) < 4.78 is 29.2. The van der Waals surface area contributed by atoms with Crippen LogP contribution in [-0.2, 0) is 35.8 Å². The van der Waals surface area contributed by atoms with Gasteiger partial charge in [0.05, 0.1) is 12.0 Å². The summed E-state index contributed by atoms with van der Waals surface area (Å²) in [6.45, 7) is 10.5. The summed E-state index contributed by atoms with van der Waals surface area (Å²) >= 11 is 0. The Morgan fingerprint density at radius 3 is 2.44 bits per heavy atom. The molecule has 0 spiro atoms. The Labute approximate surface area is 280 Å². The number of carboxylic acid groups (broad SMARTS) is 1. The lowest BCUT2D eigenvalue weighted by Gasteiger charge is -2.36. The van der Waals surface area contributed by atoms with Crippen LogP contribution in [0.1, 0.15) is 16.7 Å². The van der Waals surface area contributed by atoms with Gasteiger partial charge in [-0.25, -0.2) is 14.2 Å². The Balaban J connectivity index is 1.25. The minimum Gasteiger partial charge on any atom is -0.465 e. The third-order valence-corrected chi connectivity index (χ3v) is 10.1. The van der Waals surface area contributed by atoms with E-state index in [9.17, 15) is 19.8 Å². The average molecular weight is 678 g/mol. The van der Waals surface area contributed by atoms with Crippen molar-refractivity contribution in [1.29, 1.82) is 0 Å². The number of nitrogens with one attached hydrogen (secondary N) is 1. The topological polar surface area (TPSA) is 129 Å². The number of aliphatic hydroxyl groups is 1. The van der Waals surface area contributed by atoms with E-state index in [-0.39, 0.29) is 31.4 Å². The molecule has 2 aromatic carbocycles. The van der Waals surface area contributed by atoms with Crippen LogP contribution in [0.4, 0.5) is 9.18 Å². The first-order valence-corrected chi connectivity index (χ1v) is 19.9. The van der Waals surface area contributed by atoms with Crippen LogP contribution < -0.4 is 10.1 Å². The fourth-order valence-electron chi connectivity index (χ4n) is 5.76. The Hall–Kier alpha value is -4.30. The number of amides is 2. The smallest absolute Gasteiger partial charge is 0.405 e. The van der Waals surface area contributed by atoms with E-state index >= 15 is 4.39 Å². The summed E-state index contributed by atoms with van der Waals surface area (Å²) in [6, 6.07) is 16.0. The van der Waals surface area contributed by atoms with Gasteiger partial charge in [0.1, 0.15) is 24.2 Å². The summed E-state index contributed by atoms with van der Waals surface area (Å²) in [6.07, 6.45) is 1.96. The fraction of sp³-hybridized carbons (Fsp3) is 0.400. The second-order valence-electron chi connectivity index (χ2n) is 13.3. The zero-order valence-electron chi connectivity index (χ0n) is 27.7. The van der Waals surface area contributed by atoms with Crippen LogP contribution in [0.15, 0.2) is 67.0 Å². The minimum atomic E-state index is -1.33. The lowest BCUT2D eigenvalue weighted by atomic mass is 10.0. The van der Waals surface area contributed by atoms with Crippen molar-refractivity contribution in [2.45, 2.75) is 58.0 Å². The summed E-state index contributed by atoms with van der Waals surface area (Å²) in [5.74, 6) is -0.753. The number of hydrogen-bond donors (Lipinski definition) is 3. The van der Waals surface area contributed by atoms with Crippen molar-refractivity contribution < 1.29 is 33.7 Å². The second kappa shape index (κ2) is 15.7. The maximum atomic E-state index is 15.5. The van der Waals surface area contributed by atoms with E-state index in [4.69, 9.17) is 9.47 Å². The fourth-order valence-corrected chi connectivity index (χ4v) is 6.51. The number of ether oxygens (including phenoxy) is 2. The van der Waals surface area contributed by atoms with Gasteiger partial charge in [-0.1, -0.05) is 56.0 Å². The number of piperazine rings is 1. The number of halogens is 1. The van der Waals surface area contributed by atoms with Crippen LogP contribution in [0.25, 0.3) is 11.0 Å². The van der Waals surface area contributed by atoms with Gasteiger partial charge in [0, 0.05) is 71.8 Å². The summed E-state index contributed by atoms with van der Waals surface area (Å²) in [5, 5.41) is 22.4. The zero-order chi connectivity index (χ0) is 34.3. The van der Waals surface area contributed by atoms with Crippen LogP contribution in [0, 0.1) is 5.82 Å². The highest BCUT2D eigenvalue weighted by atomic mass is 28.3. The molecule has 0 bridgehead atoms. The van der Waals surface area contributed by atoms with Gasteiger partial charge in [-0.15, -0.1) is 0 Å². The van der Waals surface area contributed by atoms with Gasteiger partial charge < -0.3 is 34.5 Å². The molecular formula is C35H44FN5O6Si. The summed E-state index contributed by atoms with van der Waals surface area (Å²) in [4.78, 5) is 33.4. The van der Waals surface area contributed by atoms with E-state index in [0.29, 0.717) is 60.7 Å². The molecule has 3 N–H and O–H groups in total. The molecule has 0 radical (unpaired) electrons. The van der Waals surface area contributed by atoms with E-state index < -0.39 is 26.0 Å². The lowest BCUT2D eigenvalue weighted by molar-refractivity contribution is -0.135. The number of rotatable bonds is 14. The normalized spacial score (nSPS) is 14.6. The van der Waals surface area contributed by atoms with E-state index in [1.807, 2.05) is 18.2 Å². The summed E-state index contributed by atoms with van der Waals surface area (Å²) in [5.41, 5.74) is 2.74. The predicted octanol–water partition coefficient (Wildman–Crippen LogP) is 5.30. The van der Waals surface area contributed by atoms with Crippen LogP contribution in [0.2, 0.25) is 25.7 Å². The Morgan fingerprint density at radius 1 is 1.02 bits per heavy atom. The number of nitrogens with zero attached hydrogens (tertiary/aromatic N) is 4. The van der Waals surface area contributed by atoms with Crippen molar-refractivity contribution in [1.82, 2.24) is 24.7 Å². The molecule has 1 unspecified atom stereocenters. The highest BCUT2D eigenvalue weighted by Gasteiger charge is 2.29. The molecule has 1 aliphatic heterocycles. The van der Waals surface area contributed by atoms with Crippen molar-refractivity contribution in [3.63, 3.8) is 0 Å². The van der Waals surface area contributed by atoms with Crippen molar-refractivity contribution in [3.05, 3.63) is 89.5 Å². The Kier molecular flexibility index (Phi) is 11.5. The lowest BCUT2D eigenvalue weighted by Crippen LogP contribution is -2.55. The van der Waals surface area contributed by atoms with E-state index in [0.717, 1.165) is 12.6 Å². The van der Waals surface area contributed by atoms with Crippen molar-refractivity contribution in [3.8, 4) is 11.5 Å². The predicted molar refractivity (Wildman–Crippen MR) is 183 cm³/mol. The number of carbonyl (C=O) groups is 2. The third kappa shape index (κ3) is 9.19. The molecule has 2 aromatic heterocycles. The number of carbonyl (C=O) groups excluding carboxylic acids is 1. The number of hydrogen-bond acceptors (Lipinski definition) is 7. The standard InChI is InChI=1S/C35H44FN5O6Si/c1-48(2,3)18-17-46-24-41-22-27(23-42)32-31(11-12-37-33(32)41)47-30-10-9-26(19-28(30)36)20-29(38-35(44)45)34(43)40-15-13-39(14-16-40)21-25-7-5-4-6-8-25/h4-12,19,22,29,38,42H,13-18,20-21,23-24H2,1-3H3,(H,44,45). The molecule has 256 valence electrons. The molecule has 4 aromatic rings. The van der Waals surface area contributed by atoms with E-state index in [2.05, 4.69) is 47.0 Å². The monoisotopic (exact) mass is 677 g/mol. The molecule has 5 rings (SSSR count). The van der Waals surface area contributed by atoms with Gasteiger partial charge in [0.2, 0.25) is 5.91 Å². The Morgan fingerprint density at radius 2 is 1.77 bits per heavy atom. The summed E-state index contributed by atoms with van der Waals surface area (Å²) in [7, 11) is -1.25.